The van der Waals surface area contributed by atoms with Crippen molar-refractivity contribution in [2.24, 2.45) is 0 Å². The summed E-state index contributed by atoms with van der Waals surface area (Å²) in [5, 5.41) is 83.8. The van der Waals surface area contributed by atoms with E-state index in [9.17, 15) is 40.9 Å². The highest BCUT2D eigenvalue weighted by Crippen LogP contribution is 2.32. The number of rotatable bonds is 14. The van der Waals surface area contributed by atoms with E-state index >= 15 is 0 Å². The summed E-state index contributed by atoms with van der Waals surface area (Å²) in [6, 6.07) is 0. The lowest BCUT2D eigenvalue weighted by Gasteiger charge is -2.46. The fourth-order valence-electron chi connectivity index (χ4n) is 5.72. The quantitative estimate of drug-likeness (QED) is 0.113. The first kappa shape index (κ1) is 40.1. The number of hydrogen-bond acceptors (Lipinski definition) is 14. The second-order valence-corrected chi connectivity index (χ2v) is 13.4. The van der Waals surface area contributed by atoms with E-state index in [-0.39, 0.29) is 0 Å². The summed E-state index contributed by atoms with van der Waals surface area (Å²) >= 11 is 0. The Morgan fingerprint density at radius 1 is 0.702 bits per heavy atom. The van der Waals surface area contributed by atoms with Gasteiger partial charge in [0.1, 0.15) is 61.0 Å². The van der Waals surface area contributed by atoms with Crippen molar-refractivity contribution in [3.63, 3.8) is 0 Å². The molecule has 3 saturated heterocycles. The Balaban J connectivity index is 1.58. The van der Waals surface area contributed by atoms with Crippen LogP contribution in [0, 0.1) is 0 Å². The Hall–Kier alpha value is -1.34. The minimum absolute atomic E-state index is 0.429. The largest absolute Gasteiger partial charge is 0.388 e. The molecule has 3 fully saturated rings. The normalized spacial score (nSPS) is 42.9. The number of hydrogen-bond donors (Lipinski definition) is 8. The molecule has 14 heteroatoms. The van der Waals surface area contributed by atoms with Gasteiger partial charge in [-0.2, -0.15) is 0 Å². The molecule has 3 aliphatic rings. The smallest absolute Gasteiger partial charge is 0.187 e. The van der Waals surface area contributed by atoms with Crippen LogP contribution in [0.15, 0.2) is 36.0 Å². The first-order valence-corrected chi connectivity index (χ1v) is 16.3. The van der Waals surface area contributed by atoms with Crippen LogP contribution in [0.2, 0.25) is 0 Å². The molecule has 0 spiro atoms. The van der Waals surface area contributed by atoms with Gasteiger partial charge in [-0.1, -0.05) is 29.4 Å². The SMILES string of the molecule is C=CC(C)(CCC=C(C)CCC=C(C)C)OC1OC(COC2OC(C)C(OC3OC(C)C(O)C(O)C3O)C(O)C2O)C(O)C(O)C1O. The molecule has 0 amide bonds. The third-order valence-electron chi connectivity index (χ3n) is 9.01. The van der Waals surface area contributed by atoms with Gasteiger partial charge in [-0.15, -0.1) is 6.58 Å². The molecule has 0 aromatic rings. The summed E-state index contributed by atoms with van der Waals surface area (Å²) in [7, 11) is 0. The number of allylic oxidation sites excluding steroid dienone is 4. The highest BCUT2D eigenvalue weighted by atomic mass is 16.8. The fourth-order valence-corrected chi connectivity index (χ4v) is 5.72. The highest BCUT2D eigenvalue weighted by Gasteiger charge is 2.51. The van der Waals surface area contributed by atoms with Crippen molar-refractivity contribution in [3.8, 4) is 0 Å². The van der Waals surface area contributed by atoms with E-state index in [0.717, 1.165) is 12.8 Å². The predicted molar refractivity (Wildman–Crippen MR) is 168 cm³/mol. The van der Waals surface area contributed by atoms with Gasteiger partial charge in [-0.3, -0.25) is 0 Å². The molecule has 0 saturated carbocycles. The van der Waals surface area contributed by atoms with Crippen LogP contribution >= 0.6 is 0 Å². The summed E-state index contributed by atoms with van der Waals surface area (Å²) in [5.41, 5.74) is 1.55. The van der Waals surface area contributed by atoms with Crippen molar-refractivity contribution >= 4 is 0 Å². The van der Waals surface area contributed by atoms with Gasteiger partial charge in [-0.25, -0.2) is 0 Å². The van der Waals surface area contributed by atoms with E-state index in [1.165, 1.54) is 25.0 Å². The summed E-state index contributed by atoms with van der Waals surface area (Å²) in [6.07, 6.45) is -12.1. The first-order chi connectivity index (χ1) is 22.0. The molecule has 16 unspecified atom stereocenters. The molecule has 3 aliphatic heterocycles. The van der Waals surface area contributed by atoms with E-state index in [1.54, 1.807) is 13.0 Å². The van der Waals surface area contributed by atoms with Crippen LogP contribution in [-0.4, -0.2) is 145 Å². The number of aliphatic hydroxyl groups is 8. The lowest BCUT2D eigenvalue weighted by atomic mass is 9.96. The second kappa shape index (κ2) is 17.5. The van der Waals surface area contributed by atoms with Crippen molar-refractivity contribution in [2.75, 3.05) is 6.61 Å². The lowest BCUT2D eigenvalue weighted by Crippen LogP contribution is -2.63. The van der Waals surface area contributed by atoms with Crippen molar-refractivity contribution in [3.05, 3.63) is 36.0 Å². The van der Waals surface area contributed by atoms with Gasteiger partial charge in [0.25, 0.3) is 0 Å². The Bertz CT molecular complexity index is 1050. The maximum atomic E-state index is 10.8. The van der Waals surface area contributed by atoms with Crippen molar-refractivity contribution in [2.45, 2.75) is 165 Å². The van der Waals surface area contributed by atoms with E-state index < -0.39 is 104 Å². The van der Waals surface area contributed by atoms with Crippen LogP contribution in [0.1, 0.15) is 67.2 Å². The van der Waals surface area contributed by atoms with Gasteiger partial charge in [-0.05, 0) is 67.2 Å². The van der Waals surface area contributed by atoms with E-state index in [2.05, 4.69) is 39.5 Å². The van der Waals surface area contributed by atoms with Crippen molar-refractivity contribution in [1.29, 1.82) is 0 Å². The molecule has 0 aromatic heterocycles. The van der Waals surface area contributed by atoms with E-state index in [1.807, 2.05) is 0 Å². The maximum absolute atomic E-state index is 10.8. The van der Waals surface area contributed by atoms with Gasteiger partial charge in [0, 0.05) is 0 Å². The van der Waals surface area contributed by atoms with Gasteiger partial charge in [0.05, 0.1) is 24.4 Å². The molecule has 16 atom stereocenters. The maximum Gasteiger partial charge on any atom is 0.187 e. The monoisotopic (exact) mass is 676 g/mol. The van der Waals surface area contributed by atoms with Gasteiger partial charge in [0.2, 0.25) is 0 Å². The topological polar surface area (TPSA) is 217 Å². The Labute approximate surface area is 276 Å². The molecule has 0 bridgehead atoms. The van der Waals surface area contributed by atoms with Crippen LogP contribution in [0.5, 0.6) is 0 Å². The molecule has 272 valence electrons. The van der Waals surface area contributed by atoms with Gasteiger partial charge >= 0.3 is 0 Å². The third kappa shape index (κ3) is 10.3. The minimum atomic E-state index is -1.67. The lowest BCUT2D eigenvalue weighted by molar-refractivity contribution is -0.360. The number of ether oxygens (including phenoxy) is 6. The summed E-state index contributed by atoms with van der Waals surface area (Å²) in [6.45, 7) is 14.4. The molecule has 14 nitrogen and oxygen atoms in total. The van der Waals surface area contributed by atoms with Crippen LogP contribution in [0.25, 0.3) is 0 Å². The zero-order valence-corrected chi connectivity index (χ0v) is 28.2. The summed E-state index contributed by atoms with van der Waals surface area (Å²) < 4.78 is 34.4. The van der Waals surface area contributed by atoms with Crippen LogP contribution < -0.4 is 0 Å². The molecular formula is C33H56O14. The zero-order chi connectivity index (χ0) is 35.2. The van der Waals surface area contributed by atoms with Crippen LogP contribution in [0.3, 0.4) is 0 Å². The Kier molecular flexibility index (Phi) is 15.0. The van der Waals surface area contributed by atoms with Crippen molar-refractivity contribution < 1.29 is 69.3 Å². The highest BCUT2D eigenvalue weighted by molar-refractivity contribution is 5.04. The average Bonchev–Trinajstić information content (AvgIpc) is 3.02. The summed E-state index contributed by atoms with van der Waals surface area (Å²) in [4.78, 5) is 0. The van der Waals surface area contributed by atoms with Gasteiger partial charge in [0.15, 0.2) is 18.9 Å². The van der Waals surface area contributed by atoms with Crippen LogP contribution in [0.4, 0.5) is 0 Å². The molecule has 0 aromatic carbocycles. The van der Waals surface area contributed by atoms with Crippen LogP contribution in [-0.2, 0) is 28.4 Å². The minimum Gasteiger partial charge on any atom is -0.388 e. The molecule has 3 rings (SSSR count). The molecule has 8 N–H and O–H groups in total. The van der Waals surface area contributed by atoms with Crippen molar-refractivity contribution in [1.82, 2.24) is 0 Å². The first-order valence-electron chi connectivity index (χ1n) is 16.3. The van der Waals surface area contributed by atoms with E-state index in [0.29, 0.717) is 12.8 Å². The molecule has 3 heterocycles. The molecule has 0 radical (unpaired) electrons. The molecule has 0 aliphatic carbocycles. The fraction of sp³-hybridized carbons (Fsp3) is 0.818. The molecule has 47 heavy (non-hydrogen) atoms. The molecular weight excluding hydrogens is 620 g/mol. The third-order valence-corrected chi connectivity index (χ3v) is 9.01. The summed E-state index contributed by atoms with van der Waals surface area (Å²) in [5.74, 6) is 0. The second-order valence-electron chi connectivity index (χ2n) is 13.4. The predicted octanol–water partition coefficient (Wildman–Crippen LogP) is -0.0759. The standard InChI is InChI=1S/C33H56O14/c1-8-33(7,14-10-13-17(4)12-9-11-16(2)3)47-32-27(40)24(37)22(35)20(45-32)15-42-30-28(41)25(38)29(19(6)44-30)46-31-26(39)23(36)21(34)18(5)43-31/h8,11,13,18-32,34-41H,1,9-10,12,14-15H2,2-7H3. The van der Waals surface area contributed by atoms with Gasteiger partial charge < -0.3 is 69.3 Å². The Morgan fingerprint density at radius 2 is 1.30 bits per heavy atom. The Morgan fingerprint density at radius 3 is 1.94 bits per heavy atom. The zero-order valence-electron chi connectivity index (χ0n) is 28.2. The average molecular weight is 677 g/mol. The van der Waals surface area contributed by atoms with E-state index in [4.69, 9.17) is 28.4 Å². The number of aliphatic hydroxyl groups excluding tert-OH is 8.